The molecule has 0 aliphatic carbocycles. The van der Waals surface area contributed by atoms with E-state index in [1.54, 1.807) is 0 Å². The van der Waals surface area contributed by atoms with Crippen LogP contribution in [0.3, 0.4) is 0 Å². The summed E-state index contributed by atoms with van der Waals surface area (Å²) in [6.45, 7) is 2.66. The zero-order valence-corrected chi connectivity index (χ0v) is 10.3. The van der Waals surface area contributed by atoms with Gasteiger partial charge < -0.3 is 20.4 Å². The lowest BCUT2D eigenvalue weighted by Gasteiger charge is -2.42. The Hall–Kier alpha value is -1.56. The smallest absolute Gasteiger partial charge is 0.354 e. The first kappa shape index (κ1) is 12.9. The molecule has 0 spiro atoms. The second kappa shape index (κ2) is 4.97. The molecule has 2 rings (SSSR count). The molecule has 18 heavy (non-hydrogen) atoms. The van der Waals surface area contributed by atoms with E-state index >= 15 is 0 Å². The molecular formula is C12H18N2O4. The van der Waals surface area contributed by atoms with Gasteiger partial charge in [-0.25, -0.2) is 4.79 Å². The van der Waals surface area contributed by atoms with Crippen molar-refractivity contribution >= 4 is 11.9 Å². The van der Waals surface area contributed by atoms with E-state index in [1.165, 1.54) is 4.90 Å². The Morgan fingerprint density at radius 3 is 2.83 bits per heavy atom. The Bertz CT molecular complexity index is 405. The predicted octanol–water partition coefficient (Wildman–Crippen LogP) is -0.105. The fraction of sp³-hybridized carbons (Fsp3) is 0.667. The van der Waals surface area contributed by atoms with E-state index in [2.05, 4.69) is 5.32 Å². The summed E-state index contributed by atoms with van der Waals surface area (Å²) in [6.07, 6.45) is 1.86. The third-order valence-electron chi connectivity index (χ3n) is 3.52. The van der Waals surface area contributed by atoms with Gasteiger partial charge in [-0.1, -0.05) is 6.92 Å². The highest BCUT2D eigenvalue weighted by Gasteiger charge is 2.54. The van der Waals surface area contributed by atoms with E-state index in [-0.39, 0.29) is 30.2 Å². The number of carboxylic acids is 1. The van der Waals surface area contributed by atoms with Crippen LogP contribution in [0.15, 0.2) is 11.4 Å². The minimum atomic E-state index is -1.06. The summed E-state index contributed by atoms with van der Waals surface area (Å²) in [4.78, 5) is 24.5. The number of nitrogens with zero attached hydrogens (tertiary/aromatic N) is 1. The number of aliphatic carboxylic acids is 1. The van der Waals surface area contributed by atoms with Crippen LogP contribution in [0.25, 0.3) is 0 Å². The van der Waals surface area contributed by atoms with Crippen molar-refractivity contribution in [2.75, 3.05) is 13.2 Å². The SMILES string of the molecule is CCCNC1=C(C(=O)O)N2C(=O)C(CCO)C2C1. The molecule has 0 aromatic heterocycles. The van der Waals surface area contributed by atoms with Gasteiger partial charge in [0.1, 0.15) is 5.70 Å². The Morgan fingerprint density at radius 1 is 1.56 bits per heavy atom. The third kappa shape index (κ3) is 1.86. The van der Waals surface area contributed by atoms with Crippen molar-refractivity contribution in [2.45, 2.75) is 32.2 Å². The third-order valence-corrected chi connectivity index (χ3v) is 3.52. The maximum absolute atomic E-state index is 11.9. The number of fused-ring (bicyclic) bond motifs is 1. The van der Waals surface area contributed by atoms with Crippen molar-refractivity contribution in [1.29, 1.82) is 0 Å². The first-order valence-corrected chi connectivity index (χ1v) is 6.26. The number of rotatable bonds is 6. The molecular weight excluding hydrogens is 236 g/mol. The molecule has 0 aromatic rings. The lowest BCUT2D eigenvalue weighted by Crippen LogP contribution is -2.58. The Labute approximate surface area is 105 Å². The Morgan fingerprint density at radius 2 is 2.28 bits per heavy atom. The van der Waals surface area contributed by atoms with Gasteiger partial charge in [0.25, 0.3) is 0 Å². The van der Waals surface area contributed by atoms with Crippen molar-refractivity contribution in [2.24, 2.45) is 5.92 Å². The fourth-order valence-electron chi connectivity index (χ4n) is 2.68. The topological polar surface area (TPSA) is 89.9 Å². The summed E-state index contributed by atoms with van der Waals surface area (Å²) in [6, 6.07) is -0.0879. The predicted molar refractivity (Wildman–Crippen MR) is 63.4 cm³/mol. The highest BCUT2D eigenvalue weighted by atomic mass is 16.4. The number of nitrogens with one attached hydrogen (secondary N) is 1. The van der Waals surface area contributed by atoms with Gasteiger partial charge in [0, 0.05) is 25.3 Å². The van der Waals surface area contributed by atoms with Crippen LogP contribution in [-0.2, 0) is 9.59 Å². The highest BCUT2D eigenvalue weighted by molar-refractivity contribution is 5.99. The van der Waals surface area contributed by atoms with E-state index in [9.17, 15) is 14.7 Å². The average molecular weight is 254 g/mol. The molecule has 6 nitrogen and oxygen atoms in total. The highest BCUT2D eigenvalue weighted by Crippen LogP contribution is 2.42. The lowest BCUT2D eigenvalue weighted by atomic mass is 9.85. The van der Waals surface area contributed by atoms with Gasteiger partial charge >= 0.3 is 5.97 Å². The molecule has 6 heteroatoms. The van der Waals surface area contributed by atoms with Gasteiger partial charge in [-0.2, -0.15) is 0 Å². The second-order valence-corrected chi connectivity index (χ2v) is 4.66. The number of amides is 1. The number of aliphatic hydroxyl groups excluding tert-OH is 1. The average Bonchev–Trinajstić information content (AvgIpc) is 2.68. The van der Waals surface area contributed by atoms with Crippen LogP contribution in [-0.4, -0.2) is 46.2 Å². The van der Waals surface area contributed by atoms with Crippen LogP contribution in [0.5, 0.6) is 0 Å². The molecule has 2 aliphatic rings. The molecule has 2 heterocycles. The van der Waals surface area contributed by atoms with E-state index < -0.39 is 5.97 Å². The van der Waals surface area contributed by atoms with Crippen LogP contribution in [0, 0.1) is 5.92 Å². The number of carboxylic acid groups (broad SMARTS) is 1. The number of hydrogen-bond acceptors (Lipinski definition) is 4. The van der Waals surface area contributed by atoms with E-state index in [1.807, 2.05) is 6.92 Å². The van der Waals surface area contributed by atoms with E-state index in [0.29, 0.717) is 25.1 Å². The molecule has 2 unspecified atom stereocenters. The van der Waals surface area contributed by atoms with Crippen molar-refractivity contribution in [3.63, 3.8) is 0 Å². The maximum Gasteiger partial charge on any atom is 0.354 e. The van der Waals surface area contributed by atoms with Gasteiger partial charge in [-0.15, -0.1) is 0 Å². The second-order valence-electron chi connectivity index (χ2n) is 4.66. The van der Waals surface area contributed by atoms with Crippen LogP contribution < -0.4 is 5.32 Å². The molecule has 0 bridgehead atoms. The summed E-state index contributed by atoms with van der Waals surface area (Å²) < 4.78 is 0. The summed E-state index contributed by atoms with van der Waals surface area (Å²) in [5, 5.41) is 21.2. The van der Waals surface area contributed by atoms with Gasteiger partial charge in [-0.05, 0) is 12.8 Å². The minimum absolute atomic E-state index is 0.0408. The zero-order chi connectivity index (χ0) is 13.3. The molecule has 1 fully saturated rings. The van der Waals surface area contributed by atoms with Crippen LogP contribution >= 0.6 is 0 Å². The van der Waals surface area contributed by atoms with Crippen molar-refractivity contribution in [1.82, 2.24) is 10.2 Å². The molecule has 2 atom stereocenters. The standard InChI is InChI=1S/C12H18N2O4/c1-2-4-13-8-6-9-7(3-5-15)11(16)14(9)10(8)12(17)18/h7,9,13,15H,2-6H2,1H3,(H,17,18). The normalized spacial score (nSPS) is 26.1. The van der Waals surface area contributed by atoms with Gasteiger partial charge in [0.05, 0.1) is 12.0 Å². The Balaban J connectivity index is 2.16. The first-order valence-electron chi connectivity index (χ1n) is 6.26. The summed E-state index contributed by atoms with van der Waals surface area (Å²) >= 11 is 0. The summed E-state index contributed by atoms with van der Waals surface area (Å²) in [7, 11) is 0. The molecule has 3 N–H and O–H groups in total. The monoisotopic (exact) mass is 254 g/mol. The summed E-state index contributed by atoms with van der Waals surface area (Å²) in [5.41, 5.74) is 0.732. The number of carbonyl (C=O) groups excluding carboxylic acids is 1. The lowest BCUT2D eigenvalue weighted by molar-refractivity contribution is -0.155. The largest absolute Gasteiger partial charge is 0.477 e. The number of β-lactam (4-membered cyclic amide) rings is 1. The van der Waals surface area contributed by atoms with Gasteiger partial charge in [0.2, 0.25) is 5.91 Å². The quantitative estimate of drug-likeness (QED) is 0.576. The van der Waals surface area contributed by atoms with Gasteiger partial charge in [0.15, 0.2) is 0 Å². The molecule has 0 radical (unpaired) electrons. The molecule has 100 valence electrons. The van der Waals surface area contributed by atoms with Gasteiger partial charge in [-0.3, -0.25) is 4.79 Å². The molecule has 1 amide bonds. The minimum Gasteiger partial charge on any atom is -0.477 e. The fourth-order valence-corrected chi connectivity index (χ4v) is 2.68. The van der Waals surface area contributed by atoms with Crippen molar-refractivity contribution in [3.05, 3.63) is 11.4 Å². The molecule has 2 aliphatic heterocycles. The van der Waals surface area contributed by atoms with Crippen molar-refractivity contribution < 1.29 is 19.8 Å². The van der Waals surface area contributed by atoms with E-state index in [4.69, 9.17) is 5.11 Å². The van der Waals surface area contributed by atoms with Crippen molar-refractivity contribution in [3.8, 4) is 0 Å². The number of aliphatic hydroxyl groups is 1. The first-order chi connectivity index (χ1) is 8.61. The maximum atomic E-state index is 11.9. The van der Waals surface area contributed by atoms with Crippen LogP contribution in [0.2, 0.25) is 0 Å². The van der Waals surface area contributed by atoms with E-state index in [0.717, 1.165) is 6.42 Å². The Kier molecular flexibility index (Phi) is 3.56. The summed E-state index contributed by atoms with van der Waals surface area (Å²) in [5.74, 6) is -1.48. The zero-order valence-electron chi connectivity index (χ0n) is 10.3. The van der Waals surface area contributed by atoms with Crippen LogP contribution in [0.4, 0.5) is 0 Å². The number of hydrogen-bond donors (Lipinski definition) is 3. The molecule has 1 saturated heterocycles. The van der Waals surface area contributed by atoms with Crippen LogP contribution in [0.1, 0.15) is 26.2 Å². The molecule has 0 saturated carbocycles. The molecule has 0 aromatic carbocycles. The number of carbonyl (C=O) groups is 2.